The van der Waals surface area contributed by atoms with Crippen molar-refractivity contribution in [1.29, 1.82) is 0 Å². The molecule has 1 aromatic heterocycles. The fourth-order valence-corrected chi connectivity index (χ4v) is 6.35. The molecule has 21 heavy (non-hydrogen) atoms. The predicted octanol–water partition coefficient (Wildman–Crippen LogP) is 5.90. The van der Waals surface area contributed by atoms with Crippen molar-refractivity contribution in [3.05, 3.63) is 21.7 Å². The first-order chi connectivity index (χ1) is 9.87. The summed E-state index contributed by atoms with van der Waals surface area (Å²) in [5.74, 6) is 0.498. The van der Waals surface area contributed by atoms with E-state index in [0.717, 1.165) is 10.7 Å². The van der Waals surface area contributed by atoms with Gasteiger partial charge in [0.15, 0.2) is 8.32 Å². The summed E-state index contributed by atoms with van der Waals surface area (Å²) in [4.78, 5) is 4.55. The fraction of sp³-hybridized carbons (Fsp3) is 0.706. The number of aryl methyl sites for hydroxylation is 1. The number of thiazole rings is 1. The van der Waals surface area contributed by atoms with Crippen LogP contribution < -0.4 is 0 Å². The highest BCUT2D eigenvalue weighted by Crippen LogP contribution is 2.29. The first-order valence-electron chi connectivity index (χ1n) is 8.15. The second-order valence-corrected chi connectivity index (χ2v) is 12.0. The number of nitrogens with zero attached hydrogens (tertiary/aromatic N) is 1. The van der Waals surface area contributed by atoms with Gasteiger partial charge in [0.1, 0.15) is 0 Å². The van der Waals surface area contributed by atoms with Crippen LogP contribution in [-0.4, -0.2) is 19.4 Å². The highest BCUT2D eigenvalue weighted by molar-refractivity contribution is 7.09. The quantitative estimate of drug-likeness (QED) is 0.555. The summed E-state index contributed by atoms with van der Waals surface area (Å²) < 4.78 is 6.73. The highest BCUT2D eigenvalue weighted by atomic mass is 32.1. The van der Waals surface area contributed by atoms with E-state index in [1.165, 1.54) is 23.7 Å². The van der Waals surface area contributed by atoms with Gasteiger partial charge in [0.05, 0.1) is 16.8 Å². The van der Waals surface area contributed by atoms with Gasteiger partial charge in [-0.15, -0.1) is 11.3 Å². The maximum absolute atomic E-state index is 6.73. The predicted molar refractivity (Wildman–Crippen MR) is 97.4 cm³/mol. The van der Waals surface area contributed by atoms with Gasteiger partial charge >= 0.3 is 0 Å². The lowest BCUT2D eigenvalue weighted by atomic mass is 10.00. The minimum Gasteiger partial charge on any atom is -0.410 e. The molecule has 1 unspecified atom stereocenters. The molecule has 0 aliphatic rings. The lowest BCUT2D eigenvalue weighted by Crippen LogP contribution is -2.42. The summed E-state index contributed by atoms with van der Waals surface area (Å²) in [6.45, 7) is 15.6. The molecule has 1 aromatic rings. The second kappa shape index (κ2) is 8.25. The minimum atomic E-state index is -1.58. The molecule has 0 saturated carbocycles. The molecule has 1 rings (SSSR count). The van der Waals surface area contributed by atoms with Crippen LogP contribution in [0.2, 0.25) is 18.1 Å². The first kappa shape index (κ1) is 18.6. The molecule has 2 nitrogen and oxygen atoms in total. The Morgan fingerprint density at radius 3 is 2.24 bits per heavy atom. The third-order valence-electron chi connectivity index (χ3n) is 4.38. The van der Waals surface area contributed by atoms with Crippen molar-refractivity contribution in [1.82, 2.24) is 4.98 Å². The highest BCUT2D eigenvalue weighted by Gasteiger charge is 2.33. The molecule has 0 radical (unpaired) electrons. The van der Waals surface area contributed by atoms with Gasteiger partial charge < -0.3 is 4.43 Å². The van der Waals surface area contributed by atoms with Crippen molar-refractivity contribution >= 4 is 25.7 Å². The Morgan fingerprint density at radius 1 is 1.29 bits per heavy atom. The summed E-state index contributed by atoms with van der Waals surface area (Å²) in [5.41, 5.74) is 2.38. The molecular formula is C17H31NOSSi. The Bertz CT molecular complexity index is 455. The van der Waals surface area contributed by atoms with E-state index in [9.17, 15) is 0 Å². The van der Waals surface area contributed by atoms with E-state index in [4.69, 9.17) is 4.43 Å². The van der Waals surface area contributed by atoms with Crippen LogP contribution in [0.4, 0.5) is 0 Å². The monoisotopic (exact) mass is 325 g/mol. The smallest absolute Gasteiger partial charge is 0.192 e. The molecule has 0 aliphatic heterocycles. The maximum atomic E-state index is 6.73. The molecule has 0 aromatic carbocycles. The van der Waals surface area contributed by atoms with Crippen LogP contribution in [0.15, 0.2) is 11.0 Å². The molecule has 0 fully saturated rings. The van der Waals surface area contributed by atoms with Crippen LogP contribution in [-0.2, 0) is 4.43 Å². The summed E-state index contributed by atoms with van der Waals surface area (Å²) in [6, 6.07) is 3.60. The van der Waals surface area contributed by atoms with Crippen molar-refractivity contribution in [2.24, 2.45) is 5.92 Å². The van der Waals surface area contributed by atoms with E-state index in [2.05, 4.69) is 64.9 Å². The van der Waals surface area contributed by atoms with Crippen molar-refractivity contribution in [2.45, 2.75) is 72.7 Å². The lowest BCUT2D eigenvalue weighted by Gasteiger charge is -2.35. The molecule has 120 valence electrons. The number of aromatic nitrogens is 1. The Morgan fingerprint density at radius 2 is 1.86 bits per heavy atom. The third-order valence-corrected chi connectivity index (χ3v) is 9.79. The van der Waals surface area contributed by atoms with E-state index in [1.807, 2.05) is 0 Å². The van der Waals surface area contributed by atoms with E-state index in [-0.39, 0.29) is 6.10 Å². The normalized spacial score (nSPS) is 14.8. The Hall–Kier alpha value is -0.453. The second-order valence-electron chi connectivity index (χ2n) is 6.21. The van der Waals surface area contributed by atoms with E-state index < -0.39 is 8.32 Å². The average molecular weight is 326 g/mol. The van der Waals surface area contributed by atoms with Gasteiger partial charge in [-0.1, -0.05) is 34.6 Å². The number of hydrogen-bond acceptors (Lipinski definition) is 3. The topological polar surface area (TPSA) is 22.1 Å². The summed E-state index contributed by atoms with van der Waals surface area (Å²) >= 11 is 1.71. The molecule has 4 heteroatoms. The van der Waals surface area contributed by atoms with Gasteiger partial charge in [0.25, 0.3) is 0 Å². The van der Waals surface area contributed by atoms with Crippen molar-refractivity contribution in [2.75, 3.05) is 0 Å². The van der Waals surface area contributed by atoms with E-state index in [0.29, 0.717) is 5.92 Å². The van der Waals surface area contributed by atoms with Gasteiger partial charge in [0.2, 0.25) is 0 Å². The van der Waals surface area contributed by atoms with Gasteiger partial charge in [0, 0.05) is 5.38 Å². The first-order valence-corrected chi connectivity index (χ1v) is 11.6. The van der Waals surface area contributed by atoms with Crippen molar-refractivity contribution in [3.8, 4) is 0 Å². The SMILES string of the molecule is CC[Si](CC)(CC)OC(C(C)=Cc1csc(C)n1)C(C)C. The molecule has 0 N–H and O–H groups in total. The summed E-state index contributed by atoms with van der Waals surface area (Å²) in [7, 11) is -1.58. The molecule has 0 bridgehead atoms. The van der Waals surface area contributed by atoms with Crippen LogP contribution in [0.25, 0.3) is 6.08 Å². The molecule has 0 saturated heterocycles. The molecule has 0 spiro atoms. The fourth-order valence-electron chi connectivity index (χ4n) is 2.79. The molecule has 0 amide bonds. The van der Waals surface area contributed by atoms with Crippen LogP contribution in [0.5, 0.6) is 0 Å². The number of rotatable bonds is 8. The Balaban J connectivity index is 2.98. The maximum Gasteiger partial charge on any atom is 0.192 e. The van der Waals surface area contributed by atoms with Gasteiger partial charge in [-0.25, -0.2) is 4.98 Å². The van der Waals surface area contributed by atoms with E-state index in [1.54, 1.807) is 11.3 Å². The number of hydrogen-bond donors (Lipinski definition) is 0. The van der Waals surface area contributed by atoms with Crippen LogP contribution in [0, 0.1) is 12.8 Å². The minimum absolute atomic E-state index is 0.221. The molecule has 1 atom stereocenters. The lowest BCUT2D eigenvalue weighted by molar-refractivity contribution is 0.172. The van der Waals surface area contributed by atoms with Crippen molar-refractivity contribution < 1.29 is 4.43 Å². The van der Waals surface area contributed by atoms with Gasteiger partial charge in [-0.2, -0.15) is 0 Å². The van der Waals surface area contributed by atoms with Crippen LogP contribution in [0.1, 0.15) is 52.2 Å². The summed E-state index contributed by atoms with van der Waals surface area (Å²) in [5, 5.41) is 3.25. The van der Waals surface area contributed by atoms with Crippen LogP contribution >= 0.6 is 11.3 Å². The van der Waals surface area contributed by atoms with Gasteiger partial charge in [-0.3, -0.25) is 0 Å². The van der Waals surface area contributed by atoms with Crippen LogP contribution in [0.3, 0.4) is 0 Å². The largest absolute Gasteiger partial charge is 0.410 e. The Labute approximate surface area is 135 Å². The average Bonchev–Trinajstić information content (AvgIpc) is 2.85. The Kier molecular flexibility index (Phi) is 7.31. The molecule has 1 heterocycles. The standard InChI is InChI=1S/C17H31NOSSi/c1-8-21(9-2,10-3)19-17(13(4)5)14(6)11-16-12-20-15(7)18-16/h11-13,17H,8-10H2,1-7H3. The zero-order valence-electron chi connectivity index (χ0n) is 14.7. The zero-order chi connectivity index (χ0) is 16.0. The van der Waals surface area contributed by atoms with Gasteiger partial charge in [-0.05, 0) is 49.5 Å². The molecule has 0 aliphatic carbocycles. The summed E-state index contributed by atoms with van der Waals surface area (Å²) in [6.07, 6.45) is 2.42. The zero-order valence-corrected chi connectivity index (χ0v) is 16.5. The van der Waals surface area contributed by atoms with Crippen molar-refractivity contribution in [3.63, 3.8) is 0 Å². The third kappa shape index (κ3) is 5.04. The molecular weight excluding hydrogens is 294 g/mol. The van der Waals surface area contributed by atoms with E-state index >= 15 is 0 Å².